The highest BCUT2D eigenvalue weighted by Gasteiger charge is 2.15. The molecule has 1 aliphatic heterocycles. The second kappa shape index (κ2) is 4.30. The Morgan fingerprint density at radius 2 is 2.20 bits per heavy atom. The zero-order valence-electron chi connectivity index (χ0n) is 8.82. The van der Waals surface area contributed by atoms with Crippen molar-refractivity contribution < 1.29 is 9.53 Å². The van der Waals surface area contributed by atoms with Crippen LogP contribution in [0.25, 0.3) is 0 Å². The minimum atomic E-state index is 0.182. The maximum atomic E-state index is 11.8. The Balaban J connectivity index is 2.09. The Labute approximate surface area is 89.6 Å². The van der Waals surface area contributed by atoms with E-state index in [4.69, 9.17) is 4.74 Å². The van der Waals surface area contributed by atoms with Crippen molar-refractivity contribution in [1.82, 2.24) is 0 Å². The smallest absolute Gasteiger partial charge is 0.166 e. The number of benzene rings is 1. The summed E-state index contributed by atoms with van der Waals surface area (Å²) in [6, 6.07) is 7.99. The molecule has 2 nitrogen and oxygen atoms in total. The average molecular weight is 202 g/mol. The summed E-state index contributed by atoms with van der Waals surface area (Å²) < 4.78 is 5.06. The number of carbonyl (C=O) groups is 1. The Morgan fingerprint density at radius 3 is 2.87 bits per heavy atom. The van der Waals surface area contributed by atoms with E-state index in [9.17, 15) is 4.79 Å². The second-order valence-corrected chi connectivity index (χ2v) is 3.79. The van der Waals surface area contributed by atoms with Crippen LogP contribution in [0.1, 0.15) is 17.5 Å². The van der Waals surface area contributed by atoms with Gasteiger partial charge in [0.25, 0.3) is 0 Å². The van der Waals surface area contributed by atoms with E-state index in [0.29, 0.717) is 13.0 Å². The number of carbonyl (C=O) groups excluding carboxylic acids is 1. The van der Waals surface area contributed by atoms with Crippen LogP contribution in [0.2, 0.25) is 0 Å². The number of ketones is 1. The number of hydrogen-bond donors (Lipinski definition) is 0. The molecule has 0 radical (unpaired) electrons. The lowest BCUT2D eigenvalue weighted by Crippen LogP contribution is -2.06. The standard InChI is InChI=1S/C13H14O2/c1-10-4-2-3-5-11(10)8-13(14)12-6-7-15-9-12/h2-5,9H,6-8H2,1H3. The van der Waals surface area contributed by atoms with E-state index >= 15 is 0 Å². The molecule has 1 heterocycles. The number of Topliss-reactive ketones (excluding diaryl/α,β-unsaturated/α-hetero) is 1. The number of ether oxygens (including phenoxy) is 1. The topological polar surface area (TPSA) is 26.3 Å². The van der Waals surface area contributed by atoms with E-state index in [1.54, 1.807) is 6.26 Å². The molecule has 0 spiro atoms. The lowest BCUT2D eigenvalue weighted by atomic mass is 9.99. The maximum absolute atomic E-state index is 11.8. The van der Waals surface area contributed by atoms with Gasteiger partial charge in [0.2, 0.25) is 0 Å². The quantitative estimate of drug-likeness (QED) is 0.752. The van der Waals surface area contributed by atoms with Crippen molar-refractivity contribution >= 4 is 5.78 Å². The third-order valence-electron chi connectivity index (χ3n) is 2.69. The summed E-state index contributed by atoms with van der Waals surface area (Å²) in [6.45, 7) is 2.68. The molecule has 15 heavy (non-hydrogen) atoms. The van der Waals surface area contributed by atoms with Crippen LogP contribution < -0.4 is 0 Å². The van der Waals surface area contributed by atoms with Crippen molar-refractivity contribution in [3.8, 4) is 0 Å². The Bertz CT molecular complexity index is 405. The molecule has 1 aromatic rings. The summed E-state index contributed by atoms with van der Waals surface area (Å²) in [7, 11) is 0. The van der Waals surface area contributed by atoms with Crippen LogP contribution in [0.15, 0.2) is 36.1 Å². The minimum Gasteiger partial charge on any atom is -0.500 e. The fraction of sp³-hybridized carbons (Fsp3) is 0.308. The highest BCUT2D eigenvalue weighted by atomic mass is 16.5. The average Bonchev–Trinajstić information content (AvgIpc) is 2.74. The summed E-state index contributed by atoms with van der Waals surface area (Å²) in [4.78, 5) is 11.8. The Kier molecular flexibility index (Phi) is 2.86. The third kappa shape index (κ3) is 2.27. The van der Waals surface area contributed by atoms with Gasteiger partial charge in [-0.3, -0.25) is 4.79 Å². The molecule has 0 amide bonds. The van der Waals surface area contributed by atoms with Gasteiger partial charge in [0, 0.05) is 18.4 Å². The largest absolute Gasteiger partial charge is 0.500 e. The van der Waals surface area contributed by atoms with Gasteiger partial charge in [-0.25, -0.2) is 0 Å². The minimum absolute atomic E-state index is 0.182. The van der Waals surface area contributed by atoms with Gasteiger partial charge in [-0.15, -0.1) is 0 Å². The predicted octanol–water partition coefficient (Wildman–Crippen LogP) is 2.41. The molecule has 0 fully saturated rings. The van der Waals surface area contributed by atoms with Crippen LogP contribution in [-0.2, 0) is 16.0 Å². The number of rotatable bonds is 3. The highest BCUT2D eigenvalue weighted by molar-refractivity contribution is 5.97. The number of hydrogen-bond acceptors (Lipinski definition) is 2. The molecule has 2 rings (SSSR count). The van der Waals surface area contributed by atoms with Crippen LogP contribution in [-0.4, -0.2) is 12.4 Å². The van der Waals surface area contributed by atoms with Gasteiger partial charge in [0.15, 0.2) is 5.78 Å². The summed E-state index contributed by atoms with van der Waals surface area (Å²) in [6.07, 6.45) is 2.84. The van der Waals surface area contributed by atoms with Crippen molar-refractivity contribution in [1.29, 1.82) is 0 Å². The van der Waals surface area contributed by atoms with Crippen LogP contribution in [0.3, 0.4) is 0 Å². The molecular weight excluding hydrogens is 188 g/mol. The molecule has 0 aromatic heterocycles. The summed E-state index contributed by atoms with van der Waals surface area (Å²) in [5.74, 6) is 0.182. The first-order valence-electron chi connectivity index (χ1n) is 5.16. The first-order chi connectivity index (χ1) is 7.27. The molecule has 1 aromatic carbocycles. The van der Waals surface area contributed by atoms with Crippen LogP contribution in [0.4, 0.5) is 0 Å². The molecule has 1 aliphatic rings. The van der Waals surface area contributed by atoms with Crippen molar-refractivity contribution in [2.75, 3.05) is 6.61 Å². The van der Waals surface area contributed by atoms with Gasteiger partial charge in [-0.2, -0.15) is 0 Å². The first-order valence-corrected chi connectivity index (χ1v) is 5.16. The lowest BCUT2D eigenvalue weighted by molar-refractivity contribution is -0.115. The molecule has 2 heteroatoms. The Hall–Kier alpha value is -1.57. The van der Waals surface area contributed by atoms with E-state index < -0.39 is 0 Å². The predicted molar refractivity (Wildman–Crippen MR) is 58.5 cm³/mol. The fourth-order valence-electron chi connectivity index (χ4n) is 1.69. The summed E-state index contributed by atoms with van der Waals surface area (Å²) >= 11 is 0. The molecule has 0 aliphatic carbocycles. The van der Waals surface area contributed by atoms with Gasteiger partial charge < -0.3 is 4.74 Å². The van der Waals surface area contributed by atoms with Crippen LogP contribution in [0.5, 0.6) is 0 Å². The summed E-state index contributed by atoms with van der Waals surface area (Å²) in [5, 5.41) is 0. The zero-order valence-corrected chi connectivity index (χ0v) is 8.82. The Morgan fingerprint density at radius 1 is 1.40 bits per heavy atom. The van der Waals surface area contributed by atoms with Gasteiger partial charge >= 0.3 is 0 Å². The SMILES string of the molecule is Cc1ccccc1CC(=O)C1=COCC1. The lowest BCUT2D eigenvalue weighted by Gasteiger charge is -2.04. The first kappa shape index (κ1) is 9.97. The molecule has 0 saturated carbocycles. The maximum Gasteiger partial charge on any atom is 0.166 e. The van der Waals surface area contributed by atoms with E-state index in [0.717, 1.165) is 17.6 Å². The molecule has 0 unspecified atom stereocenters. The van der Waals surface area contributed by atoms with Gasteiger partial charge in [0.05, 0.1) is 12.9 Å². The van der Waals surface area contributed by atoms with Crippen molar-refractivity contribution in [3.63, 3.8) is 0 Å². The van der Waals surface area contributed by atoms with Gasteiger partial charge in [0.1, 0.15) is 0 Å². The van der Waals surface area contributed by atoms with Crippen LogP contribution >= 0.6 is 0 Å². The fourth-order valence-corrected chi connectivity index (χ4v) is 1.69. The normalized spacial score (nSPS) is 14.6. The van der Waals surface area contributed by atoms with E-state index in [1.807, 2.05) is 31.2 Å². The van der Waals surface area contributed by atoms with Crippen molar-refractivity contribution in [2.45, 2.75) is 19.8 Å². The number of aryl methyl sites for hydroxylation is 1. The highest BCUT2D eigenvalue weighted by Crippen LogP contribution is 2.16. The molecule has 0 saturated heterocycles. The zero-order chi connectivity index (χ0) is 10.7. The van der Waals surface area contributed by atoms with Gasteiger partial charge in [-0.1, -0.05) is 24.3 Å². The summed E-state index contributed by atoms with van der Waals surface area (Å²) in [5.41, 5.74) is 3.10. The molecule has 78 valence electrons. The molecule has 0 N–H and O–H groups in total. The molecule has 0 atom stereocenters. The monoisotopic (exact) mass is 202 g/mol. The second-order valence-electron chi connectivity index (χ2n) is 3.79. The van der Waals surface area contributed by atoms with E-state index in [-0.39, 0.29) is 5.78 Å². The van der Waals surface area contributed by atoms with E-state index in [1.165, 1.54) is 5.56 Å². The van der Waals surface area contributed by atoms with E-state index in [2.05, 4.69) is 0 Å². The molecular formula is C13H14O2. The molecule has 0 bridgehead atoms. The van der Waals surface area contributed by atoms with Crippen molar-refractivity contribution in [2.24, 2.45) is 0 Å². The van der Waals surface area contributed by atoms with Crippen molar-refractivity contribution in [3.05, 3.63) is 47.2 Å². The van der Waals surface area contributed by atoms with Crippen LogP contribution in [0, 0.1) is 6.92 Å². The van der Waals surface area contributed by atoms with Gasteiger partial charge in [-0.05, 0) is 18.1 Å². The third-order valence-corrected chi connectivity index (χ3v) is 2.69.